The van der Waals surface area contributed by atoms with E-state index in [4.69, 9.17) is 0 Å². The Morgan fingerprint density at radius 3 is 2.62 bits per heavy atom. The number of hydrogen-bond acceptors (Lipinski definition) is 4. The van der Waals surface area contributed by atoms with Crippen LogP contribution in [0.15, 0.2) is 12.3 Å². The molecule has 2 heterocycles. The summed E-state index contributed by atoms with van der Waals surface area (Å²) in [7, 11) is 3.69. The van der Waals surface area contributed by atoms with Crippen molar-refractivity contribution in [2.75, 3.05) is 12.4 Å². The van der Waals surface area contributed by atoms with Crippen LogP contribution in [0.5, 0.6) is 0 Å². The number of rotatable bonds is 4. The van der Waals surface area contributed by atoms with Gasteiger partial charge in [0.15, 0.2) is 0 Å². The van der Waals surface area contributed by atoms with Crippen LogP contribution >= 0.6 is 0 Å². The lowest BCUT2D eigenvalue weighted by molar-refractivity contribution is 0.0951. The zero-order chi connectivity index (χ0) is 15.6. The molecule has 6 heteroatoms. The monoisotopic (exact) mass is 287 g/mol. The molecule has 0 saturated heterocycles. The largest absolute Gasteiger partial charge is 0.387 e. The first-order chi connectivity index (χ1) is 9.93. The van der Waals surface area contributed by atoms with Gasteiger partial charge in [-0.15, -0.1) is 0 Å². The number of nitrogens with one attached hydrogen (secondary N) is 2. The summed E-state index contributed by atoms with van der Waals surface area (Å²) in [5.41, 5.74) is 5.24. The zero-order valence-electron chi connectivity index (χ0n) is 13.1. The minimum absolute atomic E-state index is 0.144. The molecule has 0 radical (unpaired) electrons. The van der Waals surface area contributed by atoms with Crippen molar-refractivity contribution < 1.29 is 4.79 Å². The van der Waals surface area contributed by atoms with Crippen molar-refractivity contribution in [3.05, 3.63) is 40.5 Å². The van der Waals surface area contributed by atoms with E-state index in [-0.39, 0.29) is 5.91 Å². The molecule has 0 aliphatic rings. The maximum absolute atomic E-state index is 12.3. The molecule has 0 bridgehead atoms. The molecule has 2 N–H and O–H groups in total. The van der Waals surface area contributed by atoms with Crippen molar-refractivity contribution in [3.8, 4) is 0 Å². The number of hydrogen-bond donors (Lipinski definition) is 2. The van der Waals surface area contributed by atoms with Crippen molar-refractivity contribution in [2.24, 2.45) is 7.05 Å². The summed E-state index contributed by atoms with van der Waals surface area (Å²) < 4.78 is 1.82. The molecule has 0 aromatic carbocycles. The molecule has 21 heavy (non-hydrogen) atoms. The first-order valence-corrected chi connectivity index (χ1v) is 6.85. The Morgan fingerprint density at radius 1 is 1.33 bits per heavy atom. The molecule has 0 fully saturated rings. The summed E-state index contributed by atoms with van der Waals surface area (Å²) >= 11 is 0. The molecule has 0 atom stereocenters. The average Bonchev–Trinajstić information content (AvgIpc) is 2.69. The van der Waals surface area contributed by atoms with Crippen LogP contribution in [0.3, 0.4) is 0 Å². The van der Waals surface area contributed by atoms with Gasteiger partial charge >= 0.3 is 0 Å². The lowest BCUT2D eigenvalue weighted by atomic mass is 10.1. The van der Waals surface area contributed by atoms with E-state index in [9.17, 15) is 4.79 Å². The standard InChI is InChI=1S/C15H21N5O/c1-9-6-14(16-4)13(8-17-9)15(21)18-7-12-10(2)19-20(5)11(12)3/h6,8H,7H2,1-5H3,(H,16,17)(H,18,21). The van der Waals surface area contributed by atoms with Gasteiger partial charge < -0.3 is 10.6 Å². The number of nitrogens with zero attached hydrogens (tertiary/aromatic N) is 3. The molecular formula is C15H21N5O. The SMILES string of the molecule is CNc1cc(C)ncc1C(=O)NCc1c(C)nn(C)c1C. The minimum atomic E-state index is -0.144. The van der Waals surface area contributed by atoms with Gasteiger partial charge in [-0.05, 0) is 26.8 Å². The third-order valence-corrected chi connectivity index (χ3v) is 3.64. The number of aromatic nitrogens is 3. The van der Waals surface area contributed by atoms with Crippen LogP contribution < -0.4 is 10.6 Å². The Labute approximate surface area is 124 Å². The maximum atomic E-state index is 12.3. The van der Waals surface area contributed by atoms with Crippen molar-refractivity contribution >= 4 is 11.6 Å². The fraction of sp³-hybridized carbons (Fsp3) is 0.400. The minimum Gasteiger partial charge on any atom is -0.387 e. The van der Waals surface area contributed by atoms with Crippen molar-refractivity contribution in [3.63, 3.8) is 0 Å². The molecule has 1 amide bonds. The fourth-order valence-corrected chi connectivity index (χ4v) is 2.28. The van der Waals surface area contributed by atoms with E-state index in [2.05, 4.69) is 20.7 Å². The quantitative estimate of drug-likeness (QED) is 0.898. The number of carbonyl (C=O) groups is 1. The van der Waals surface area contributed by atoms with Crippen LogP contribution in [0.25, 0.3) is 0 Å². The highest BCUT2D eigenvalue weighted by molar-refractivity contribution is 5.99. The highest BCUT2D eigenvalue weighted by Gasteiger charge is 2.14. The number of carbonyl (C=O) groups excluding carboxylic acids is 1. The maximum Gasteiger partial charge on any atom is 0.255 e. The molecule has 0 aliphatic carbocycles. The van der Waals surface area contributed by atoms with Gasteiger partial charge in [0.1, 0.15) is 0 Å². The van der Waals surface area contributed by atoms with Crippen LogP contribution in [0.1, 0.15) is 33.0 Å². The predicted molar refractivity (Wildman–Crippen MR) is 82.4 cm³/mol. The highest BCUT2D eigenvalue weighted by Crippen LogP contribution is 2.16. The molecule has 6 nitrogen and oxygen atoms in total. The summed E-state index contributed by atoms with van der Waals surface area (Å²) in [4.78, 5) is 16.5. The number of anilines is 1. The highest BCUT2D eigenvalue weighted by atomic mass is 16.1. The second-order valence-corrected chi connectivity index (χ2v) is 5.08. The van der Waals surface area contributed by atoms with Gasteiger partial charge in [-0.25, -0.2) is 0 Å². The van der Waals surface area contributed by atoms with Gasteiger partial charge in [-0.1, -0.05) is 0 Å². The van der Waals surface area contributed by atoms with Crippen LogP contribution in [-0.2, 0) is 13.6 Å². The Balaban J connectivity index is 2.15. The summed E-state index contributed by atoms with van der Waals surface area (Å²) in [6.07, 6.45) is 1.60. The van der Waals surface area contributed by atoms with Crippen LogP contribution in [0, 0.1) is 20.8 Å². The van der Waals surface area contributed by atoms with Crippen molar-refractivity contribution in [1.29, 1.82) is 0 Å². The van der Waals surface area contributed by atoms with Crippen molar-refractivity contribution in [2.45, 2.75) is 27.3 Å². The Morgan fingerprint density at radius 2 is 2.05 bits per heavy atom. The Bertz CT molecular complexity index is 675. The molecular weight excluding hydrogens is 266 g/mol. The number of amides is 1. The predicted octanol–water partition coefficient (Wildman–Crippen LogP) is 1.71. The van der Waals surface area contributed by atoms with E-state index in [1.807, 2.05) is 38.6 Å². The second-order valence-electron chi connectivity index (χ2n) is 5.08. The van der Waals surface area contributed by atoms with E-state index < -0.39 is 0 Å². The van der Waals surface area contributed by atoms with E-state index >= 15 is 0 Å². The Kier molecular flexibility index (Phi) is 4.26. The zero-order valence-corrected chi connectivity index (χ0v) is 13.1. The number of pyridine rings is 1. The van der Waals surface area contributed by atoms with E-state index in [1.54, 1.807) is 13.2 Å². The Hall–Kier alpha value is -2.37. The topological polar surface area (TPSA) is 71.8 Å². The third kappa shape index (κ3) is 3.04. The summed E-state index contributed by atoms with van der Waals surface area (Å²) in [5.74, 6) is -0.144. The van der Waals surface area contributed by atoms with E-state index in [1.165, 1.54) is 0 Å². The normalized spacial score (nSPS) is 10.5. The van der Waals surface area contributed by atoms with E-state index in [0.717, 1.165) is 28.3 Å². The van der Waals surface area contributed by atoms with Crippen LogP contribution in [0.4, 0.5) is 5.69 Å². The van der Waals surface area contributed by atoms with Gasteiger partial charge in [0.05, 0.1) is 16.9 Å². The molecule has 2 aromatic rings. The molecule has 0 aliphatic heterocycles. The third-order valence-electron chi connectivity index (χ3n) is 3.64. The average molecular weight is 287 g/mol. The molecule has 112 valence electrons. The van der Waals surface area contributed by atoms with Gasteiger partial charge in [0.25, 0.3) is 5.91 Å². The van der Waals surface area contributed by atoms with Gasteiger partial charge in [-0.2, -0.15) is 5.10 Å². The summed E-state index contributed by atoms with van der Waals surface area (Å²) in [6, 6.07) is 1.86. The number of aryl methyl sites for hydroxylation is 3. The second kappa shape index (κ2) is 5.95. The van der Waals surface area contributed by atoms with Gasteiger partial charge in [0, 0.05) is 43.8 Å². The molecule has 2 rings (SSSR count). The van der Waals surface area contributed by atoms with Gasteiger partial charge in [0.2, 0.25) is 0 Å². The summed E-state index contributed by atoms with van der Waals surface area (Å²) in [5, 5.41) is 10.3. The van der Waals surface area contributed by atoms with E-state index in [0.29, 0.717) is 12.1 Å². The molecule has 0 saturated carbocycles. The fourth-order valence-electron chi connectivity index (χ4n) is 2.28. The lowest BCUT2D eigenvalue weighted by Crippen LogP contribution is -2.24. The lowest BCUT2D eigenvalue weighted by Gasteiger charge is -2.10. The molecule has 0 unspecified atom stereocenters. The first kappa shape index (κ1) is 15.0. The molecule has 2 aromatic heterocycles. The van der Waals surface area contributed by atoms with Crippen LogP contribution in [-0.4, -0.2) is 27.7 Å². The first-order valence-electron chi connectivity index (χ1n) is 6.85. The molecule has 0 spiro atoms. The summed E-state index contributed by atoms with van der Waals surface area (Å²) in [6.45, 7) is 6.29. The van der Waals surface area contributed by atoms with Crippen LogP contribution in [0.2, 0.25) is 0 Å². The smallest absolute Gasteiger partial charge is 0.255 e. The van der Waals surface area contributed by atoms with Crippen molar-refractivity contribution in [1.82, 2.24) is 20.1 Å². The van der Waals surface area contributed by atoms with Gasteiger partial charge in [-0.3, -0.25) is 14.5 Å².